The molecule has 3 rings (SSSR count). The molecule has 26 heavy (non-hydrogen) atoms. The van der Waals surface area contributed by atoms with E-state index in [1.165, 1.54) is 0 Å². The average molecular weight is 375 g/mol. The third-order valence-corrected chi connectivity index (χ3v) is 4.96. The van der Waals surface area contributed by atoms with E-state index in [0.29, 0.717) is 24.6 Å². The Labute approximate surface area is 158 Å². The summed E-state index contributed by atoms with van der Waals surface area (Å²) in [5.74, 6) is -0.0703. The molecule has 1 aliphatic rings. The Bertz CT molecular complexity index is 754. The van der Waals surface area contributed by atoms with Crippen LogP contribution < -0.4 is 4.74 Å². The fraction of sp³-hybridized carbons (Fsp3) is 0.400. The molecule has 5 nitrogen and oxygen atoms in total. The summed E-state index contributed by atoms with van der Waals surface area (Å²) in [7, 11) is 0. The maximum Gasteiger partial charge on any atom is 0.320 e. The molecule has 1 fully saturated rings. The van der Waals surface area contributed by atoms with Crippen molar-refractivity contribution in [2.24, 2.45) is 0 Å². The van der Waals surface area contributed by atoms with Crippen molar-refractivity contribution in [3.05, 3.63) is 58.9 Å². The van der Waals surface area contributed by atoms with Crippen LogP contribution in [0, 0.1) is 0 Å². The normalized spacial score (nSPS) is 19.1. The largest absolute Gasteiger partial charge is 0.494 e. The van der Waals surface area contributed by atoms with Gasteiger partial charge in [-0.15, -0.1) is 0 Å². The van der Waals surface area contributed by atoms with Crippen molar-refractivity contribution in [3.8, 4) is 5.75 Å². The van der Waals surface area contributed by atoms with Crippen LogP contribution in [0.5, 0.6) is 5.75 Å². The zero-order chi connectivity index (χ0) is 18.5. The number of rotatable bonds is 6. The molecule has 0 radical (unpaired) electrons. The van der Waals surface area contributed by atoms with Gasteiger partial charge in [-0.3, -0.25) is 14.7 Å². The van der Waals surface area contributed by atoms with Crippen molar-refractivity contribution in [1.29, 1.82) is 0 Å². The first-order valence-corrected chi connectivity index (χ1v) is 9.30. The highest BCUT2D eigenvalue weighted by atomic mass is 35.5. The summed E-state index contributed by atoms with van der Waals surface area (Å²) < 4.78 is 5.83. The Morgan fingerprint density at radius 3 is 2.96 bits per heavy atom. The second-order valence-corrected chi connectivity index (χ2v) is 6.83. The summed E-state index contributed by atoms with van der Waals surface area (Å²) in [6, 6.07) is 8.55. The first kappa shape index (κ1) is 18.7. The van der Waals surface area contributed by atoms with Crippen molar-refractivity contribution in [3.63, 3.8) is 0 Å². The summed E-state index contributed by atoms with van der Waals surface area (Å²) in [6.45, 7) is 3.16. The molecule has 2 heterocycles. The molecule has 1 aliphatic heterocycles. The second-order valence-electron chi connectivity index (χ2n) is 6.39. The average Bonchev–Trinajstić information content (AvgIpc) is 2.65. The number of carboxylic acids is 1. The van der Waals surface area contributed by atoms with Gasteiger partial charge in [0, 0.05) is 23.0 Å². The molecule has 0 aliphatic carbocycles. The van der Waals surface area contributed by atoms with Gasteiger partial charge in [0.25, 0.3) is 0 Å². The number of hydrogen-bond donors (Lipinski definition) is 1. The topological polar surface area (TPSA) is 62.7 Å². The number of carbonyl (C=O) groups is 1. The van der Waals surface area contributed by atoms with Crippen molar-refractivity contribution in [1.82, 2.24) is 9.88 Å². The van der Waals surface area contributed by atoms with E-state index >= 15 is 0 Å². The summed E-state index contributed by atoms with van der Waals surface area (Å²) in [5, 5.41) is 10.4. The quantitative estimate of drug-likeness (QED) is 0.822. The predicted molar refractivity (Wildman–Crippen MR) is 101 cm³/mol. The van der Waals surface area contributed by atoms with Crippen molar-refractivity contribution >= 4 is 17.6 Å². The van der Waals surface area contributed by atoms with Gasteiger partial charge in [0.2, 0.25) is 0 Å². The summed E-state index contributed by atoms with van der Waals surface area (Å²) in [4.78, 5) is 18.2. The summed E-state index contributed by atoms with van der Waals surface area (Å²) in [6.07, 6.45) is 6.02. The highest BCUT2D eigenvalue weighted by molar-refractivity contribution is 6.30. The minimum absolute atomic E-state index is 0.273. The summed E-state index contributed by atoms with van der Waals surface area (Å²) in [5.41, 5.74) is 1.81. The van der Waals surface area contributed by atoms with Crippen LogP contribution in [0.3, 0.4) is 0 Å². The minimum Gasteiger partial charge on any atom is -0.494 e. The maximum atomic E-state index is 11.9. The fourth-order valence-corrected chi connectivity index (χ4v) is 3.82. The van der Waals surface area contributed by atoms with E-state index in [4.69, 9.17) is 16.3 Å². The predicted octanol–water partition coefficient (Wildman–Crippen LogP) is 4.16. The number of pyridine rings is 1. The number of benzene rings is 1. The van der Waals surface area contributed by atoms with Gasteiger partial charge in [0.1, 0.15) is 11.8 Å². The molecule has 0 amide bonds. The first-order chi connectivity index (χ1) is 12.6. The van der Waals surface area contributed by atoms with Gasteiger partial charge in [0.05, 0.1) is 12.6 Å². The highest BCUT2D eigenvalue weighted by Crippen LogP contribution is 2.39. The van der Waals surface area contributed by atoms with Crippen LogP contribution in [-0.4, -0.2) is 40.2 Å². The number of aliphatic carboxylic acids is 1. The van der Waals surface area contributed by atoms with Crippen LogP contribution in [0.15, 0.2) is 42.7 Å². The Kier molecular flexibility index (Phi) is 6.12. The molecule has 1 N–H and O–H groups in total. The standard InChI is InChI=1S/C20H23ClN2O3/c1-2-26-18-9-8-15(21)12-16(18)19(14-6-5-10-22-13-14)23-11-4-3-7-17(23)20(24)25/h5-6,8-10,12-13,17,19H,2-4,7,11H2,1H3,(H,24,25). The van der Waals surface area contributed by atoms with Gasteiger partial charge < -0.3 is 9.84 Å². The molecule has 2 aromatic rings. The number of aromatic nitrogens is 1. The SMILES string of the molecule is CCOc1ccc(Cl)cc1C(c1cccnc1)N1CCCCC1C(=O)O. The third-order valence-electron chi connectivity index (χ3n) is 4.73. The Hall–Kier alpha value is -2.11. The van der Waals surface area contributed by atoms with Crippen LogP contribution in [0.2, 0.25) is 5.02 Å². The Morgan fingerprint density at radius 2 is 2.27 bits per heavy atom. The molecule has 0 bridgehead atoms. The zero-order valence-electron chi connectivity index (χ0n) is 14.8. The lowest BCUT2D eigenvalue weighted by Crippen LogP contribution is -2.47. The van der Waals surface area contributed by atoms with Gasteiger partial charge in [0.15, 0.2) is 0 Å². The van der Waals surface area contributed by atoms with Gasteiger partial charge >= 0.3 is 5.97 Å². The first-order valence-electron chi connectivity index (χ1n) is 8.92. The summed E-state index contributed by atoms with van der Waals surface area (Å²) >= 11 is 6.28. The number of carboxylic acid groups (broad SMARTS) is 1. The van der Waals surface area contributed by atoms with E-state index in [0.717, 1.165) is 29.7 Å². The van der Waals surface area contributed by atoms with E-state index in [-0.39, 0.29) is 6.04 Å². The lowest BCUT2D eigenvalue weighted by Gasteiger charge is -2.40. The molecular weight excluding hydrogens is 352 g/mol. The van der Waals surface area contributed by atoms with E-state index in [2.05, 4.69) is 4.98 Å². The van der Waals surface area contributed by atoms with Crippen LogP contribution in [0.4, 0.5) is 0 Å². The van der Waals surface area contributed by atoms with E-state index < -0.39 is 12.0 Å². The molecule has 1 aromatic heterocycles. The molecule has 2 atom stereocenters. The molecule has 0 saturated carbocycles. The van der Waals surface area contributed by atoms with Crippen LogP contribution in [0.25, 0.3) is 0 Å². The monoisotopic (exact) mass is 374 g/mol. The van der Waals surface area contributed by atoms with Gasteiger partial charge in [-0.25, -0.2) is 0 Å². The molecule has 2 unspecified atom stereocenters. The van der Waals surface area contributed by atoms with Gasteiger partial charge in [-0.05, 0) is 56.1 Å². The third kappa shape index (κ3) is 4.00. The molecule has 138 valence electrons. The van der Waals surface area contributed by atoms with Gasteiger partial charge in [-0.2, -0.15) is 0 Å². The highest BCUT2D eigenvalue weighted by Gasteiger charge is 2.36. The minimum atomic E-state index is -0.793. The number of piperidine rings is 1. The lowest BCUT2D eigenvalue weighted by atomic mass is 9.92. The van der Waals surface area contributed by atoms with Crippen molar-refractivity contribution in [2.45, 2.75) is 38.3 Å². The zero-order valence-corrected chi connectivity index (χ0v) is 15.5. The van der Waals surface area contributed by atoms with E-state index in [1.807, 2.05) is 36.1 Å². The van der Waals surface area contributed by atoms with Crippen LogP contribution in [-0.2, 0) is 4.79 Å². The van der Waals surface area contributed by atoms with Crippen LogP contribution in [0.1, 0.15) is 43.4 Å². The van der Waals surface area contributed by atoms with E-state index in [9.17, 15) is 9.90 Å². The van der Waals surface area contributed by atoms with E-state index in [1.54, 1.807) is 18.5 Å². The van der Waals surface area contributed by atoms with Crippen molar-refractivity contribution < 1.29 is 14.6 Å². The van der Waals surface area contributed by atoms with Gasteiger partial charge in [-0.1, -0.05) is 24.1 Å². The molecular formula is C20H23ClN2O3. The molecule has 6 heteroatoms. The fourth-order valence-electron chi connectivity index (χ4n) is 3.64. The second kappa shape index (κ2) is 8.52. The Morgan fingerprint density at radius 1 is 1.42 bits per heavy atom. The number of likely N-dealkylation sites (tertiary alicyclic amines) is 1. The number of halogens is 1. The number of hydrogen-bond acceptors (Lipinski definition) is 4. The van der Waals surface area contributed by atoms with Crippen LogP contribution >= 0.6 is 11.6 Å². The lowest BCUT2D eigenvalue weighted by molar-refractivity contribution is -0.145. The molecule has 1 aromatic carbocycles. The Balaban J connectivity index is 2.13. The molecule has 1 saturated heterocycles. The number of nitrogens with zero attached hydrogens (tertiary/aromatic N) is 2. The van der Waals surface area contributed by atoms with Crippen molar-refractivity contribution in [2.75, 3.05) is 13.2 Å². The molecule has 0 spiro atoms. The smallest absolute Gasteiger partial charge is 0.320 e. The number of ether oxygens (including phenoxy) is 1. The maximum absolute atomic E-state index is 11.9.